The molecule has 116 valence electrons. The molecule has 1 aromatic heterocycles. The monoisotopic (exact) mass is 304 g/mol. The number of amides is 2. The first-order valence-electron chi connectivity index (χ1n) is 6.50. The van der Waals surface area contributed by atoms with Gasteiger partial charge in [0, 0.05) is 31.9 Å². The number of anilines is 1. The highest BCUT2D eigenvalue weighted by Gasteiger charge is 2.14. The third-order valence-electron chi connectivity index (χ3n) is 3.24. The maximum absolute atomic E-state index is 12.1. The van der Waals surface area contributed by atoms with Crippen molar-refractivity contribution in [3.8, 4) is 0 Å². The van der Waals surface area contributed by atoms with Gasteiger partial charge in [0.05, 0.1) is 11.5 Å². The molecule has 0 saturated carbocycles. The Kier molecular flexibility index (Phi) is 4.35. The molecular formula is C13H16N6O3. The molecule has 0 aliphatic rings. The van der Waals surface area contributed by atoms with Gasteiger partial charge in [-0.15, -0.1) is 10.2 Å². The second kappa shape index (κ2) is 6.20. The zero-order chi connectivity index (χ0) is 16.3. The van der Waals surface area contributed by atoms with Crippen molar-refractivity contribution < 1.29 is 9.72 Å². The van der Waals surface area contributed by atoms with Crippen molar-refractivity contribution in [2.75, 3.05) is 12.4 Å². The molecule has 0 aliphatic heterocycles. The van der Waals surface area contributed by atoms with Gasteiger partial charge >= 0.3 is 6.03 Å². The molecule has 0 spiro atoms. The minimum atomic E-state index is -0.492. The summed E-state index contributed by atoms with van der Waals surface area (Å²) in [5, 5.41) is 21.2. The highest BCUT2D eigenvalue weighted by atomic mass is 16.6. The molecule has 2 rings (SSSR count). The molecular weight excluding hydrogens is 288 g/mol. The maximum atomic E-state index is 12.1. The molecule has 1 aromatic carbocycles. The van der Waals surface area contributed by atoms with E-state index in [2.05, 4.69) is 15.5 Å². The van der Waals surface area contributed by atoms with E-state index in [1.165, 1.54) is 29.2 Å². The van der Waals surface area contributed by atoms with Gasteiger partial charge in [0.15, 0.2) is 5.82 Å². The predicted molar refractivity (Wildman–Crippen MR) is 79.3 cm³/mol. The average molecular weight is 304 g/mol. The topological polar surface area (TPSA) is 106 Å². The fourth-order valence-electron chi connectivity index (χ4n) is 1.76. The second-order valence-corrected chi connectivity index (χ2v) is 4.81. The predicted octanol–water partition coefficient (Wildman–Crippen LogP) is 1.70. The number of benzene rings is 1. The zero-order valence-electron chi connectivity index (χ0n) is 12.5. The summed E-state index contributed by atoms with van der Waals surface area (Å²) in [4.78, 5) is 23.6. The average Bonchev–Trinajstić information content (AvgIpc) is 2.79. The number of nitro groups is 1. The number of aryl methyl sites for hydroxylation is 1. The SMILES string of the molecule is Cc1nnc(CN(C)C(=O)Nc2ccc([N+](=O)[O-])cc2)n1C. The third-order valence-corrected chi connectivity index (χ3v) is 3.24. The summed E-state index contributed by atoms with van der Waals surface area (Å²) in [5.41, 5.74) is 0.456. The molecule has 9 nitrogen and oxygen atoms in total. The van der Waals surface area contributed by atoms with Crippen LogP contribution in [0, 0.1) is 17.0 Å². The van der Waals surface area contributed by atoms with E-state index in [1.54, 1.807) is 11.6 Å². The number of urea groups is 1. The first-order chi connectivity index (χ1) is 10.4. The van der Waals surface area contributed by atoms with Crippen molar-refractivity contribution in [2.45, 2.75) is 13.5 Å². The van der Waals surface area contributed by atoms with Crippen LogP contribution < -0.4 is 5.32 Å². The number of nitro benzene ring substituents is 1. The lowest BCUT2D eigenvalue weighted by Gasteiger charge is -2.17. The number of carbonyl (C=O) groups is 1. The second-order valence-electron chi connectivity index (χ2n) is 4.81. The Bertz CT molecular complexity index is 694. The number of rotatable bonds is 4. The van der Waals surface area contributed by atoms with Crippen LogP contribution in [0.25, 0.3) is 0 Å². The van der Waals surface area contributed by atoms with Crippen molar-refractivity contribution in [3.63, 3.8) is 0 Å². The van der Waals surface area contributed by atoms with Crippen LogP contribution in [0.4, 0.5) is 16.2 Å². The molecule has 2 aromatic rings. The number of non-ortho nitro benzene ring substituents is 1. The molecule has 0 bridgehead atoms. The highest BCUT2D eigenvalue weighted by molar-refractivity contribution is 5.89. The van der Waals surface area contributed by atoms with E-state index < -0.39 is 4.92 Å². The van der Waals surface area contributed by atoms with Crippen LogP contribution in [-0.4, -0.2) is 37.7 Å². The molecule has 0 fully saturated rings. The molecule has 2 amide bonds. The van der Waals surface area contributed by atoms with Crippen LogP contribution in [0.15, 0.2) is 24.3 Å². The fraction of sp³-hybridized carbons (Fsp3) is 0.308. The van der Waals surface area contributed by atoms with E-state index in [1.807, 2.05) is 14.0 Å². The summed E-state index contributed by atoms with van der Waals surface area (Å²) in [5.74, 6) is 1.43. The normalized spacial score (nSPS) is 10.3. The van der Waals surface area contributed by atoms with Crippen molar-refractivity contribution in [2.24, 2.45) is 7.05 Å². The zero-order valence-corrected chi connectivity index (χ0v) is 12.5. The lowest BCUT2D eigenvalue weighted by Crippen LogP contribution is -2.31. The van der Waals surface area contributed by atoms with Crippen molar-refractivity contribution in [1.29, 1.82) is 0 Å². The van der Waals surface area contributed by atoms with Crippen molar-refractivity contribution in [1.82, 2.24) is 19.7 Å². The Balaban J connectivity index is 1.99. The fourth-order valence-corrected chi connectivity index (χ4v) is 1.76. The molecule has 0 aliphatic carbocycles. The highest BCUT2D eigenvalue weighted by Crippen LogP contribution is 2.15. The van der Waals surface area contributed by atoms with Crippen molar-refractivity contribution in [3.05, 3.63) is 46.0 Å². The smallest absolute Gasteiger partial charge is 0.320 e. The summed E-state index contributed by atoms with van der Waals surface area (Å²) in [6.07, 6.45) is 0. The Labute approximate surface area is 126 Å². The minimum absolute atomic E-state index is 0.0269. The standard InChI is InChI=1S/C13H16N6O3/c1-9-15-16-12(18(9)3)8-17(2)13(20)14-10-4-6-11(7-5-10)19(21)22/h4-7H,8H2,1-3H3,(H,14,20). The van der Waals surface area contributed by atoms with E-state index in [0.29, 0.717) is 18.1 Å². The molecule has 0 unspecified atom stereocenters. The van der Waals surface area contributed by atoms with Crippen molar-refractivity contribution >= 4 is 17.4 Å². The summed E-state index contributed by atoms with van der Waals surface area (Å²) >= 11 is 0. The molecule has 9 heteroatoms. The van der Waals surface area contributed by atoms with Gasteiger partial charge in [-0.3, -0.25) is 10.1 Å². The van der Waals surface area contributed by atoms with Gasteiger partial charge in [0.25, 0.3) is 5.69 Å². The van der Waals surface area contributed by atoms with Gasteiger partial charge < -0.3 is 14.8 Å². The van der Waals surface area contributed by atoms with E-state index in [0.717, 1.165) is 5.82 Å². The van der Waals surface area contributed by atoms with Gasteiger partial charge in [-0.25, -0.2) is 4.79 Å². The van der Waals surface area contributed by atoms with E-state index in [-0.39, 0.29) is 11.7 Å². The van der Waals surface area contributed by atoms with Gasteiger partial charge in [-0.1, -0.05) is 0 Å². The third kappa shape index (κ3) is 3.37. The largest absolute Gasteiger partial charge is 0.321 e. The molecule has 22 heavy (non-hydrogen) atoms. The quantitative estimate of drug-likeness (QED) is 0.683. The van der Waals surface area contributed by atoms with Crippen LogP contribution >= 0.6 is 0 Å². The Morgan fingerprint density at radius 2 is 2.00 bits per heavy atom. The first-order valence-corrected chi connectivity index (χ1v) is 6.50. The molecule has 1 heterocycles. The number of aromatic nitrogens is 3. The summed E-state index contributed by atoms with van der Waals surface area (Å²) in [7, 11) is 3.46. The summed E-state index contributed by atoms with van der Waals surface area (Å²) in [6.45, 7) is 2.13. The molecule has 1 N–H and O–H groups in total. The number of hydrogen-bond donors (Lipinski definition) is 1. The van der Waals surface area contributed by atoms with Gasteiger partial charge in [-0.2, -0.15) is 0 Å². The van der Waals surface area contributed by atoms with Crippen LogP contribution in [0.2, 0.25) is 0 Å². The Morgan fingerprint density at radius 3 is 2.50 bits per heavy atom. The number of carbonyl (C=O) groups excluding carboxylic acids is 1. The molecule has 0 atom stereocenters. The van der Waals surface area contributed by atoms with E-state index in [9.17, 15) is 14.9 Å². The van der Waals surface area contributed by atoms with Gasteiger partial charge in [0.1, 0.15) is 5.82 Å². The van der Waals surface area contributed by atoms with Crippen LogP contribution in [-0.2, 0) is 13.6 Å². The number of nitrogens with one attached hydrogen (secondary N) is 1. The van der Waals surface area contributed by atoms with Gasteiger partial charge in [-0.05, 0) is 19.1 Å². The lowest BCUT2D eigenvalue weighted by atomic mass is 10.3. The number of hydrogen-bond acceptors (Lipinski definition) is 5. The molecule has 0 saturated heterocycles. The number of nitrogens with zero attached hydrogens (tertiary/aromatic N) is 5. The maximum Gasteiger partial charge on any atom is 0.321 e. The summed E-state index contributed by atoms with van der Waals surface area (Å²) < 4.78 is 1.80. The minimum Gasteiger partial charge on any atom is -0.320 e. The lowest BCUT2D eigenvalue weighted by molar-refractivity contribution is -0.384. The van der Waals surface area contributed by atoms with Gasteiger partial charge in [0.2, 0.25) is 0 Å². The Hall–Kier alpha value is -2.97. The van der Waals surface area contributed by atoms with Crippen LogP contribution in [0.1, 0.15) is 11.6 Å². The molecule has 0 radical (unpaired) electrons. The summed E-state index contributed by atoms with van der Waals surface area (Å²) in [6, 6.07) is 5.30. The van der Waals surface area contributed by atoms with Crippen LogP contribution in [0.5, 0.6) is 0 Å². The Morgan fingerprint density at radius 1 is 1.36 bits per heavy atom. The van der Waals surface area contributed by atoms with E-state index >= 15 is 0 Å². The van der Waals surface area contributed by atoms with E-state index in [4.69, 9.17) is 0 Å². The van der Waals surface area contributed by atoms with Crippen LogP contribution in [0.3, 0.4) is 0 Å². The first kappa shape index (κ1) is 15.4.